The highest BCUT2D eigenvalue weighted by Gasteiger charge is 2.33. The van der Waals surface area contributed by atoms with Gasteiger partial charge in [-0.2, -0.15) is 0 Å². The summed E-state index contributed by atoms with van der Waals surface area (Å²) in [4.78, 5) is 11.6. The third kappa shape index (κ3) is 3.61. The molecule has 1 atom stereocenters. The Morgan fingerprint density at radius 3 is 2.62 bits per heavy atom. The second-order valence-electron chi connectivity index (χ2n) is 5.27. The van der Waals surface area contributed by atoms with Gasteiger partial charge in [-0.3, -0.25) is 0 Å². The summed E-state index contributed by atoms with van der Waals surface area (Å²) in [6.45, 7) is 1.93. The van der Waals surface area contributed by atoms with Gasteiger partial charge >= 0.3 is 5.97 Å². The van der Waals surface area contributed by atoms with Gasteiger partial charge in [-0.05, 0) is 49.4 Å². The molecule has 0 radical (unpaired) electrons. The molecule has 0 aromatic heterocycles. The summed E-state index contributed by atoms with van der Waals surface area (Å²) >= 11 is 0. The molecule has 21 heavy (non-hydrogen) atoms. The van der Waals surface area contributed by atoms with Crippen LogP contribution in [-0.2, 0) is 14.8 Å². The number of hydrogen-bond donors (Lipinski definition) is 2. The maximum atomic E-state index is 12.4. The highest BCUT2D eigenvalue weighted by Crippen LogP contribution is 2.33. The van der Waals surface area contributed by atoms with E-state index >= 15 is 0 Å². The van der Waals surface area contributed by atoms with Crippen LogP contribution in [0.5, 0.6) is 0 Å². The number of sulfonamides is 1. The monoisotopic (exact) mass is 312 g/mol. The van der Waals surface area contributed by atoms with E-state index in [-0.39, 0.29) is 17.5 Å². The lowest BCUT2D eigenvalue weighted by Gasteiger charge is -2.17. The first-order chi connectivity index (χ1) is 9.89. The molecule has 3 N–H and O–H groups in total. The van der Waals surface area contributed by atoms with Gasteiger partial charge in [0.2, 0.25) is 10.0 Å². The smallest absolute Gasteiger partial charge is 0.337 e. The topological polar surface area (TPSA) is 98.5 Å². The second kappa shape index (κ2) is 6.13. The Morgan fingerprint density at radius 2 is 2.14 bits per heavy atom. The van der Waals surface area contributed by atoms with E-state index in [4.69, 9.17) is 5.73 Å². The molecule has 1 fully saturated rings. The van der Waals surface area contributed by atoms with E-state index in [0.717, 1.165) is 12.8 Å². The Morgan fingerprint density at radius 1 is 1.48 bits per heavy atom. The van der Waals surface area contributed by atoms with Crippen molar-refractivity contribution in [2.45, 2.75) is 30.7 Å². The molecule has 0 heterocycles. The van der Waals surface area contributed by atoms with Gasteiger partial charge in [0.25, 0.3) is 0 Å². The zero-order chi connectivity index (χ0) is 15.6. The molecule has 1 aliphatic carbocycles. The molecule has 0 spiro atoms. The van der Waals surface area contributed by atoms with Crippen molar-refractivity contribution in [2.24, 2.45) is 11.7 Å². The lowest BCUT2D eigenvalue weighted by molar-refractivity contribution is 0.0600. The Labute approximate surface area is 124 Å². The highest BCUT2D eigenvalue weighted by molar-refractivity contribution is 7.89. The largest absolute Gasteiger partial charge is 0.465 e. The molecule has 2 rings (SSSR count). The van der Waals surface area contributed by atoms with E-state index < -0.39 is 16.0 Å². The fourth-order valence-corrected chi connectivity index (χ4v) is 3.84. The average Bonchev–Trinajstić information content (AvgIpc) is 3.28. The number of rotatable bonds is 6. The Bertz CT molecular complexity index is 638. The highest BCUT2D eigenvalue weighted by atomic mass is 32.2. The molecule has 0 amide bonds. The maximum absolute atomic E-state index is 12.4. The lowest BCUT2D eigenvalue weighted by Crippen LogP contribution is -2.41. The number of aryl methyl sites for hydroxylation is 1. The first-order valence-electron chi connectivity index (χ1n) is 6.80. The number of nitrogens with one attached hydrogen (secondary N) is 1. The van der Waals surface area contributed by atoms with Crippen LogP contribution in [0.4, 0.5) is 0 Å². The molecule has 1 unspecified atom stereocenters. The van der Waals surface area contributed by atoms with E-state index in [2.05, 4.69) is 9.46 Å². The standard InChI is InChI=1S/C14H20N2O4S/c1-9-7-11(14(17)20-2)5-6-13(9)21(18,19)16-12(8-15)10-3-4-10/h5-7,10,12,16H,3-4,8,15H2,1-2H3. The predicted octanol–water partition coefficient (Wildman–Crippen LogP) is 0.797. The van der Waals surface area contributed by atoms with E-state index in [9.17, 15) is 13.2 Å². The van der Waals surface area contributed by atoms with Crippen LogP contribution in [0.3, 0.4) is 0 Å². The van der Waals surface area contributed by atoms with Crippen LogP contribution in [0, 0.1) is 12.8 Å². The fourth-order valence-electron chi connectivity index (χ4n) is 2.29. The first-order valence-corrected chi connectivity index (χ1v) is 8.28. The number of methoxy groups -OCH3 is 1. The first kappa shape index (κ1) is 15.9. The van der Waals surface area contributed by atoms with Crippen molar-refractivity contribution in [3.8, 4) is 0 Å². The van der Waals surface area contributed by atoms with Crippen molar-refractivity contribution in [3.05, 3.63) is 29.3 Å². The molecule has 1 aromatic rings. The molecule has 7 heteroatoms. The minimum absolute atomic E-state index is 0.161. The maximum Gasteiger partial charge on any atom is 0.337 e. The Kier molecular flexibility index (Phi) is 4.65. The van der Waals surface area contributed by atoms with Crippen LogP contribution < -0.4 is 10.5 Å². The van der Waals surface area contributed by atoms with E-state index in [1.54, 1.807) is 6.92 Å². The third-order valence-electron chi connectivity index (χ3n) is 3.64. The number of carbonyl (C=O) groups excluding carboxylic acids is 1. The molecule has 1 aromatic carbocycles. The number of esters is 1. The summed E-state index contributed by atoms with van der Waals surface area (Å²) in [6.07, 6.45) is 2.01. The minimum Gasteiger partial charge on any atom is -0.465 e. The van der Waals surface area contributed by atoms with E-state index in [1.165, 1.54) is 25.3 Å². The van der Waals surface area contributed by atoms with Crippen molar-refractivity contribution in [1.82, 2.24) is 4.72 Å². The molecular weight excluding hydrogens is 292 g/mol. The summed E-state index contributed by atoms with van der Waals surface area (Å²) < 4.78 is 32.1. The SMILES string of the molecule is COC(=O)c1ccc(S(=O)(=O)NC(CN)C2CC2)c(C)c1. The number of hydrogen-bond acceptors (Lipinski definition) is 5. The summed E-state index contributed by atoms with van der Waals surface area (Å²) in [5.74, 6) is -0.160. The Balaban J connectivity index is 2.25. The van der Waals surface area contributed by atoms with Crippen molar-refractivity contribution in [3.63, 3.8) is 0 Å². The fraction of sp³-hybridized carbons (Fsp3) is 0.500. The normalized spacial score (nSPS) is 16.5. The second-order valence-corrected chi connectivity index (χ2v) is 6.96. The average molecular weight is 312 g/mol. The van der Waals surface area contributed by atoms with Gasteiger partial charge in [0.1, 0.15) is 0 Å². The zero-order valence-corrected chi connectivity index (χ0v) is 12.9. The summed E-state index contributed by atoms with van der Waals surface area (Å²) in [7, 11) is -2.36. The van der Waals surface area contributed by atoms with E-state index in [1.807, 2.05) is 0 Å². The van der Waals surface area contributed by atoms with Gasteiger partial charge in [-0.25, -0.2) is 17.9 Å². The zero-order valence-electron chi connectivity index (χ0n) is 12.1. The summed E-state index contributed by atoms with van der Waals surface area (Å²) in [5.41, 5.74) is 6.45. The van der Waals surface area contributed by atoms with Crippen LogP contribution >= 0.6 is 0 Å². The number of ether oxygens (including phenoxy) is 1. The molecule has 0 bridgehead atoms. The minimum atomic E-state index is -3.64. The van der Waals surface area contributed by atoms with Crippen molar-refractivity contribution >= 4 is 16.0 Å². The summed E-state index contributed by atoms with van der Waals surface area (Å²) in [5, 5.41) is 0. The van der Waals surface area contributed by atoms with Gasteiger partial charge in [0, 0.05) is 12.6 Å². The molecule has 116 valence electrons. The van der Waals surface area contributed by atoms with Crippen LogP contribution in [0.15, 0.2) is 23.1 Å². The van der Waals surface area contributed by atoms with Crippen LogP contribution in [0.25, 0.3) is 0 Å². The molecule has 0 aliphatic heterocycles. The summed E-state index contributed by atoms with van der Waals surface area (Å²) in [6, 6.07) is 4.15. The predicted molar refractivity (Wildman–Crippen MR) is 78.4 cm³/mol. The third-order valence-corrected chi connectivity index (χ3v) is 5.29. The van der Waals surface area contributed by atoms with Gasteiger partial charge in [0.05, 0.1) is 17.6 Å². The quantitative estimate of drug-likeness (QED) is 0.757. The molecular formula is C14H20N2O4S. The van der Waals surface area contributed by atoms with Crippen molar-refractivity contribution in [2.75, 3.05) is 13.7 Å². The number of nitrogens with two attached hydrogens (primary N) is 1. The van der Waals surface area contributed by atoms with Crippen LogP contribution in [0.2, 0.25) is 0 Å². The molecule has 1 saturated carbocycles. The van der Waals surface area contributed by atoms with Gasteiger partial charge in [-0.15, -0.1) is 0 Å². The Hall–Kier alpha value is -1.44. The number of benzene rings is 1. The van der Waals surface area contributed by atoms with E-state index in [0.29, 0.717) is 17.0 Å². The molecule has 0 saturated heterocycles. The van der Waals surface area contributed by atoms with Gasteiger partial charge < -0.3 is 10.5 Å². The lowest BCUT2D eigenvalue weighted by atomic mass is 10.1. The number of carbonyl (C=O) groups is 1. The molecule has 6 nitrogen and oxygen atoms in total. The van der Waals surface area contributed by atoms with Crippen LogP contribution in [-0.4, -0.2) is 34.1 Å². The van der Waals surface area contributed by atoms with Crippen molar-refractivity contribution < 1.29 is 17.9 Å². The van der Waals surface area contributed by atoms with Gasteiger partial charge in [0.15, 0.2) is 0 Å². The van der Waals surface area contributed by atoms with Crippen LogP contribution in [0.1, 0.15) is 28.8 Å². The molecule has 1 aliphatic rings. The van der Waals surface area contributed by atoms with Crippen molar-refractivity contribution in [1.29, 1.82) is 0 Å². The van der Waals surface area contributed by atoms with Gasteiger partial charge in [-0.1, -0.05) is 0 Å².